The number of hydrazone groups is 1. The van der Waals surface area contributed by atoms with Gasteiger partial charge in [0.2, 0.25) is 5.91 Å². The van der Waals surface area contributed by atoms with Crippen LogP contribution in [0.3, 0.4) is 0 Å². The highest BCUT2D eigenvalue weighted by Crippen LogP contribution is 2.16. The molecule has 0 aliphatic heterocycles. The molecule has 27 heavy (non-hydrogen) atoms. The van der Waals surface area contributed by atoms with E-state index in [9.17, 15) is 9.59 Å². The van der Waals surface area contributed by atoms with Crippen LogP contribution in [0.25, 0.3) is 0 Å². The van der Waals surface area contributed by atoms with Crippen molar-refractivity contribution in [2.24, 2.45) is 5.10 Å². The molecule has 0 saturated carbocycles. The van der Waals surface area contributed by atoms with Gasteiger partial charge < -0.3 is 4.74 Å². The zero-order valence-electron chi connectivity index (χ0n) is 14.1. The molecular weight excluding hydrogens is 428 g/mol. The number of nitrogens with one attached hydrogen (secondary N) is 1. The molecule has 5 nitrogen and oxygen atoms in total. The molecule has 0 radical (unpaired) electrons. The Bertz CT molecular complexity index is 954. The molecule has 3 aromatic rings. The first-order chi connectivity index (χ1) is 13.1. The number of hydrogen-bond donors (Lipinski definition) is 1. The minimum Gasteiger partial charge on any atom is -0.422 e. The van der Waals surface area contributed by atoms with Crippen molar-refractivity contribution in [1.29, 1.82) is 0 Å². The standard InChI is InChI=1S/C20H15BrN2O3S/c21-16-8-6-14(7-9-16)12-19(24)23-22-13-15-3-1-4-17(11-15)26-20(25)18-5-2-10-27-18/h1-11,13H,12H2,(H,23,24)/b22-13+. The number of carbonyl (C=O) groups is 2. The highest BCUT2D eigenvalue weighted by molar-refractivity contribution is 9.10. The van der Waals surface area contributed by atoms with Crippen molar-refractivity contribution in [3.63, 3.8) is 0 Å². The van der Waals surface area contributed by atoms with Gasteiger partial charge in [0.25, 0.3) is 0 Å². The summed E-state index contributed by atoms with van der Waals surface area (Å²) < 4.78 is 6.30. The van der Waals surface area contributed by atoms with Gasteiger partial charge in [-0.3, -0.25) is 4.79 Å². The zero-order chi connectivity index (χ0) is 19.1. The van der Waals surface area contributed by atoms with E-state index in [1.165, 1.54) is 17.6 Å². The van der Waals surface area contributed by atoms with Crippen molar-refractivity contribution in [2.45, 2.75) is 6.42 Å². The Morgan fingerprint density at radius 2 is 1.93 bits per heavy atom. The van der Waals surface area contributed by atoms with E-state index in [1.807, 2.05) is 29.6 Å². The number of ether oxygens (including phenoxy) is 1. The third kappa shape index (κ3) is 5.87. The average Bonchev–Trinajstić information content (AvgIpc) is 3.19. The number of amides is 1. The molecule has 0 aliphatic carbocycles. The van der Waals surface area contributed by atoms with Gasteiger partial charge in [-0.05, 0) is 46.8 Å². The summed E-state index contributed by atoms with van der Waals surface area (Å²) in [7, 11) is 0. The number of benzene rings is 2. The molecule has 0 aliphatic rings. The van der Waals surface area contributed by atoms with Crippen LogP contribution in [0.2, 0.25) is 0 Å². The number of thiophene rings is 1. The highest BCUT2D eigenvalue weighted by Gasteiger charge is 2.09. The van der Waals surface area contributed by atoms with Crippen LogP contribution in [-0.4, -0.2) is 18.1 Å². The minimum absolute atomic E-state index is 0.214. The van der Waals surface area contributed by atoms with Crippen LogP contribution < -0.4 is 10.2 Å². The van der Waals surface area contributed by atoms with E-state index >= 15 is 0 Å². The fraction of sp³-hybridized carbons (Fsp3) is 0.0500. The van der Waals surface area contributed by atoms with Crippen molar-refractivity contribution >= 4 is 45.4 Å². The summed E-state index contributed by atoms with van der Waals surface area (Å²) >= 11 is 4.68. The molecule has 0 saturated heterocycles. The van der Waals surface area contributed by atoms with Crippen molar-refractivity contribution in [3.05, 3.63) is 86.5 Å². The van der Waals surface area contributed by atoms with Crippen LogP contribution in [0.1, 0.15) is 20.8 Å². The molecule has 1 heterocycles. The molecule has 3 rings (SSSR count). The largest absolute Gasteiger partial charge is 0.422 e. The Hall–Kier alpha value is -2.77. The molecule has 1 aromatic heterocycles. The first kappa shape index (κ1) is 19.0. The lowest BCUT2D eigenvalue weighted by molar-refractivity contribution is -0.120. The predicted octanol–water partition coefficient (Wildman–Crippen LogP) is 4.42. The molecule has 2 aromatic carbocycles. The van der Waals surface area contributed by atoms with Crippen LogP contribution in [0.15, 0.2) is 75.6 Å². The van der Waals surface area contributed by atoms with E-state index in [0.717, 1.165) is 10.0 Å². The number of halogens is 1. The van der Waals surface area contributed by atoms with Crippen LogP contribution in [-0.2, 0) is 11.2 Å². The van der Waals surface area contributed by atoms with E-state index in [2.05, 4.69) is 26.5 Å². The molecule has 7 heteroatoms. The van der Waals surface area contributed by atoms with Crippen LogP contribution >= 0.6 is 27.3 Å². The molecule has 136 valence electrons. The van der Waals surface area contributed by atoms with Gasteiger partial charge in [0.1, 0.15) is 10.6 Å². The normalized spacial score (nSPS) is 10.7. The van der Waals surface area contributed by atoms with Gasteiger partial charge in [-0.25, -0.2) is 10.2 Å². The van der Waals surface area contributed by atoms with Crippen LogP contribution in [0, 0.1) is 0 Å². The number of rotatable bonds is 6. The molecular formula is C20H15BrN2O3S. The van der Waals surface area contributed by atoms with E-state index in [1.54, 1.807) is 36.4 Å². The second-order valence-corrected chi connectivity index (χ2v) is 7.40. The fourth-order valence-corrected chi connectivity index (χ4v) is 3.08. The van der Waals surface area contributed by atoms with Gasteiger partial charge in [0.05, 0.1) is 12.6 Å². The Morgan fingerprint density at radius 1 is 1.11 bits per heavy atom. The predicted molar refractivity (Wildman–Crippen MR) is 109 cm³/mol. The average molecular weight is 443 g/mol. The van der Waals surface area contributed by atoms with Gasteiger partial charge in [-0.2, -0.15) is 5.10 Å². The van der Waals surface area contributed by atoms with E-state index in [0.29, 0.717) is 16.2 Å². The van der Waals surface area contributed by atoms with Crippen molar-refractivity contribution in [2.75, 3.05) is 0 Å². The maximum Gasteiger partial charge on any atom is 0.353 e. The van der Waals surface area contributed by atoms with Crippen LogP contribution in [0.4, 0.5) is 0 Å². The second-order valence-electron chi connectivity index (χ2n) is 5.54. The maximum absolute atomic E-state index is 12.0. The molecule has 0 atom stereocenters. The maximum atomic E-state index is 12.0. The summed E-state index contributed by atoms with van der Waals surface area (Å²) in [5.74, 6) is -0.200. The first-order valence-corrected chi connectivity index (χ1v) is 9.69. The second kappa shape index (κ2) is 9.25. The van der Waals surface area contributed by atoms with Gasteiger partial charge >= 0.3 is 5.97 Å². The lowest BCUT2D eigenvalue weighted by Gasteiger charge is -2.03. The van der Waals surface area contributed by atoms with Gasteiger partial charge in [0.15, 0.2) is 0 Å². The summed E-state index contributed by atoms with van der Waals surface area (Å²) in [5.41, 5.74) is 4.09. The minimum atomic E-state index is -0.401. The smallest absolute Gasteiger partial charge is 0.353 e. The fourth-order valence-electron chi connectivity index (χ4n) is 2.22. The number of hydrogen-bond acceptors (Lipinski definition) is 5. The van der Waals surface area contributed by atoms with Gasteiger partial charge in [0, 0.05) is 4.47 Å². The summed E-state index contributed by atoms with van der Waals surface area (Å²) in [6.07, 6.45) is 1.74. The molecule has 1 amide bonds. The van der Waals surface area contributed by atoms with Gasteiger partial charge in [-0.1, -0.05) is 46.3 Å². The summed E-state index contributed by atoms with van der Waals surface area (Å²) in [4.78, 5) is 24.4. The third-order valence-corrected chi connectivity index (χ3v) is 4.85. The monoisotopic (exact) mass is 442 g/mol. The molecule has 0 bridgehead atoms. The number of carbonyl (C=O) groups excluding carboxylic acids is 2. The Labute approximate surface area is 168 Å². The third-order valence-electron chi connectivity index (χ3n) is 3.47. The van der Waals surface area contributed by atoms with E-state index < -0.39 is 5.97 Å². The number of esters is 1. The van der Waals surface area contributed by atoms with E-state index in [-0.39, 0.29) is 12.3 Å². The summed E-state index contributed by atoms with van der Waals surface area (Å²) in [5, 5.41) is 5.77. The highest BCUT2D eigenvalue weighted by atomic mass is 79.9. The van der Waals surface area contributed by atoms with Crippen molar-refractivity contribution < 1.29 is 14.3 Å². The summed E-state index contributed by atoms with van der Waals surface area (Å²) in [6, 6.07) is 17.9. The van der Waals surface area contributed by atoms with Crippen LogP contribution in [0.5, 0.6) is 5.75 Å². The van der Waals surface area contributed by atoms with Crippen molar-refractivity contribution in [1.82, 2.24) is 5.43 Å². The molecule has 0 fully saturated rings. The van der Waals surface area contributed by atoms with E-state index in [4.69, 9.17) is 4.74 Å². The van der Waals surface area contributed by atoms with Gasteiger partial charge in [-0.15, -0.1) is 11.3 Å². The topological polar surface area (TPSA) is 67.8 Å². The lowest BCUT2D eigenvalue weighted by Crippen LogP contribution is -2.19. The molecule has 0 spiro atoms. The Kier molecular flexibility index (Phi) is 6.51. The SMILES string of the molecule is O=C(Cc1ccc(Br)cc1)N/N=C/c1cccc(OC(=O)c2cccs2)c1. The van der Waals surface area contributed by atoms with Crippen molar-refractivity contribution in [3.8, 4) is 5.75 Å². The molecule has 0 unspecified atom stereocenters. The Balaban J connectivity index is 1.54. The lowest BCUT2D eigenvalue weighted by atomic mass is 10.1. The molecule has 1 N–H and O–H groups in total. The quantitative estimate of drug-likeness (QED) is 0.265. The Morgan fingerprint density at radius 3 is 2.67 bits per heavy atom. The first-order valence-electron chi connectivity index (χ1n) is 8.02. The summed E-state index contributed by atoms with van der Waals surface area (Å²) in [6.45, 7) is 0. The number of nitrogens with zero attached hydrogens (tertiary/aromatic N) is 1. The zero-order valence-corrected chi connectivity index (χ0v) is 16.5.